The number of rotatable bonds is 3. The van der Waals surface area contributed by atoms with E-state index in [1.807, 2.05) is 37.4 Å². The molecule has 3 aromatic rings. The Kier molecular flexibility index (Phi) is 3.07. The summed E-state index contributed by atoms with van der Waals surface area (Å²) in [6.07, 6.45) is 2.26. The molecule has 3 heteroatoms. The lowest BCUT2D eigenvalue weighted by atomic mass is 9.83. The highest BCUT2D eigenvalue weighted by Crippen LogP contribution is 2.35. The molecule has 0 aliphatic carbocycles. The Balaban J connectivity index is 2.19. The third-order valence-corrected chi connectivity index (χ3v) is 3.86. The highest BCUT2D eigenvalue weighted by atomic mass is 19.1. The minimum Gasteiger partial charge on any atom is -0.380 e. The fourth-order valence-electron chi connectivity index (χ4n) is 2.66. The van der Waals surface area contributed by atoms with Crippen molar-refractivity contribution in [3.63, 3.8) is 0 Å². The number of H-pyrrole nitrogens is 1. The van der Waals surface area contributed by atoms with Gasteiger partial charge in [0, 0.05) is 17.3 Å². The smallest absolute Gasteiger partial charge is 0.129 e. The van der Waals surface area contributed by atoms with Gasteiger partial charge in [-0.25, -0.2) is 4.39 Å². The number of fused-ring (bicyclic) bond motifs is 1. The normalized spacial score (nSPS) is 14.3. The van der Waals surface area contributed by atoms with Gasteiger partial charge < -0.3 is 10.1 Å². The second-order valence-electron chi connectivity index (χ2n) is 4.97. The van der Waals surface area contributed by atoms with Crippen molar-refractivity contribution >= 4 is 10.9 Å². The first-order chi connectivity index (χ1) is 9.65. The van der Waals surface area contributed by atoms with E-state index in [9.17, 15) is 9.50 Å². The van der Waals surface area contributed by atoms with E-state index in [1.54, 1.807) is 18.2 Å². The molecule has 0 spiro atoms. The summed E-state index contributed by atoms with van der Waals surface area (Å²) < 4.78 is 14.0. The van der Waals surface area contributed by atoms with E-state index in [0.717, 1.165) is 10.9 Å². The molecule has 0 bridgehead atoms. The van der Waals surface area contributed by atoms with Gasteiger partial charge in [0.2, 0.25) is 0 Å². The summed E-state index contributed by atoms with van der Waals surface area (Å²) >= 11 is 0. The molecule has 102 valence electrons. The number of aliphatic hydroxyl groups is 1. The van der Waals surface area contributed by atoms with Crippen LogP contribution in [0.2, 0.25) is 0 Å². The zero-order valence-electron chi connectivity index (χ0n) is 11.2. The van der Waals surface area contributed by atoms with E-state index in [0.29, 0.717) is 17.5 Å². The van der Waals surface area contributed by atoms with Crippen molar-refractivity contribution in [1.29, 1.82) is 0 Å². The van der Waals surface area contributed by atoms with Crippen LogP contribution in [0.15, 0.2) is 54.7 Å². The Hall–Kier alpha value is -2.13. The average Bonchev–Trinajstić information content (AvgIpc) is 2.94. The Bertz CT molecular complexity index is 749. The van der Waals surface area contributed by atoms with Crippen LogP contribution in [0, 0.1) is 5.82 Å². The lowest BCUT2D eigenvalue weighted by Gasteiger charge is -2.28. The lowest BCUT2D eigenvalue weighted by Crippen LogP contribution is -2.27. The highest BCUT2D eigenvalue weighted by Gasteiger charge is 2.32. The summed E-state index contributed by atoms with van der Waals surface area (Å²) in [6.45, 7) is 1.85. The van der Waals surface area contributed by atoms with Crippen molar-refractivity contribution in [3.8, 4) is 0 Å². The predicted octanol–water partition coefficient (Wildman–Crippen LogP) is 3.95. The molecule has 3 rings (SSSR count). The molecule has 1 atom stereocenters. The molecule has 1 unspecified atom stereocenters. The number of hydrogen-bond acceptors (Lipinski definition) is 1. The maximum absolute atomic E-state index is 14.0. The van der Waals surface area contributed by atoms with Crippen LogP contribution in [0.4, 0.5) is 4.39 Å². The van der Waals surface area contributed by atoms with Gasteiger partial charge in [0.05, 0.1) is 0 Å². The summed E-state index contributed by atoms with van der Waals surface area (Å²) in [4.78, 5) is 3.11. The van der Waals surface area contributed by atoms with Gasteiger partial charge in [-0.1, -0.05) is 31.2 Å². The molecule has 0 saturated heterocycles. The fourth-order valence-corrected chi connectivity index (χ4v) is 2.66. The summed E-state index contributed by atoms with van der Waals surface area (Å²) in [5.41, 5.74) is 0.715. The minimum absolute atomic E-state index is 0.317. The van der Waals surface area contributed by atoms with Crippen molar-refractivity contribution in [1.82, 2.24) is 4.98 Å². The number of hydrogen-bond donors (Lipinski definition) is 2. The summed E-state index contributed by atoms with van der Waals surface area (Å²) in [7, 11) is 0. The van der Waals surface area contributed by atoms with E-state index in [2.05, 4.69) is 4.98 Å². The van der Waals surface area contributed by atoms with Crippen LogP contribution in [0.25, 0.3) is 10.9 Å². The van der Waals surface area contributed by atoms with Crippen LogP contribution in [-0.4, -0.2) is 10.1 Å². The van der Waals surface area contributed by atoms with Crippen molar-refractivity contribution in [2.24, 2.45) is 0 Å². The van der Waals surface area contributed by atoms with Crippen molar-refractivity contribution in [3.05, 3.63) is 71.7 Å². The molecule has 0 aliphatic rings. The third kappa shape index (κ3) is 1.91. The largest absolute Gasteiger partial charge is 0.380 e. The molecule has 1 heterocycles. The maximum atomic E-state index is 14.0. The van der Waals surface area contributed by atoms with Gasteiger partial charge in [0.15, 0.2) is 0 Å². The SMILES string of the molecule is CCC(O)(c1ccc2[nH]ccc2c1)c1ccccc1F. The number of aromatic nitrogens is 1. The molecule has 0 radical (unpaired) electrons. The molecular weight excluding hydrogens is 253 g/mol. The fraction of sp³-hybridized carbons (Fsp3) is 0.176. The summed E-state index contributed by atoms with van der Waals surface area (Å²) in [6, 6.07) is 14.0. The Morgan fingerprint density at radius 3 is 2.70 bits per heavy atom. The van der Waals surface area contributed by atoms with Crippen LogP contribution >= 0.6 is 0 Å². The minimum atomic E-state index is -1.31. The molecular formula is C17H16FNO. The van der Waals surface area contributed by atoms with Gasteiger partial charge in [-0.05, 0) is 41.6 Å². The third-order valence-electron chi connectivity index (χ3n) is 3.86. The topological polar surface area (TPSA) is 36.0 Å². The summed E-state index contributed by atoms with van der Waals surface area (Å²) in [5, 5.41) is 12.0. The molecule has 2 N–H and O–H groups in total. The first-order valence-electron chi connectivity index (χ1n) is 6.70. The average molecular weight is 269 g/mol. The van der Waals surface area contributed by atoms with Crippen LogP contribution in [0.1, 0.15) is 24.5 Å². The van der Waals surface area contributed by atoms with E-state index in [-0.39, 0.29) is 5.82 Å². The Morgan fingerprint density at radius 2 is 1.95 bits per heavy atom. The van der Waals surface area contributed by atoms with E-state index in [1.165, 1.54) is 6.07 Å². The van der Waals surface area contributed by atoms with E-state index in [4.69, 9.17) is 0 Å². The highest BCUT2D eigenvalue weighted by molar-refractivity contribution is 5.80. The van der Waals surface area contributed by atoms with Crippen molar-refractivity contribution < 1.29 is 9.50 Å². The van der Waals surface area contributed by atoms with Gasteiger partial charge >= 0.3 is 0 Å². The van der Waals surface area contributed by atoms with Crippen LogP contribution in [0.5, 0.6) is 0 Å². The molecule has 0 fully saturated rings. The van der Waals surface area contributed by atoms with Gasteiger partial charge in [0.1, 0.15) is 11.4 Å². The number of benzene rings is 2. The quantitative estimate of drug-likeness (QED) is 0.742. The van der Waals surface area contributed by atoms with Crippen LogP contribution in [-0.2, 0) is 5.60 Å². The molecule has 0 amide bonds. The zero-order valence-corrected chi connectivity index (χ0v) is 11.2. The number of nitrogens with one attached hydrogen (secondary N) is 1. The van der Waals surface area contributed by atoms with Crippen LogP contribution < -0.4 is 0 Å². The lowest BCUT2D eigenvalue weighted by molar-refractivity contribution is 0.0727. The van der Waals surface area contributed by atoms with Gasteiger partial charge in [-0.15, -0.1) is 0 Å². The molecule has 0 aliphatic heterocycles. The van der Waals surface area contributed by atoms with Gasteiger partial charge in [-0.2, -0.15) is 0 Å². The first kappa shape index (κ1) is 12.9. The molecule has 2 nitrogen and oxygen atoms in total. The predicted molar refractivity (Wildman–Crippen MR) is 78.0 cm³/mol. The standard InChI is InChI=1S/C17H16FNO/c1-2-17(20,14-5-3-4-6-15(14)18)13-7-8-16-12(11-13)9-10-19-16/h3-11,19-20H,2H2,1H3. The summed E-state index contributed by atoms with van der Waals surface area (Å²) in [5.74, 6) is -0.383. The second kappa shape index (κ2) is 4.76. The van der Waals surface area contributed by atoms with Gasteiger partial charge in [-0.3, -0.25) is 0 Å². The Morgan fingerprint density at radius 1 is 1.15 bits per heavy atom. The Labute approximate surface area is 116 Å². The molecule has 2 aromatic carbocycles. The maximum Gasteiger partial charge on any atom is 0.129 e. The molecule has 1 aromatic heterocycles. The molecule has 0 saturated carbocycles. The van der Waals surface area contributed by atoms with Gasteiger partial charge in [0.25, 0.3) is 0 Å². The van der Waals surface area contributed by atoms with Crippen molar-refractivity contribution in [2.75, 3.05) is 0 Å². The molecule has 20 heavy (non-hydrogen) atoms. The first-order valence-corrected chi connectivity index (χ1v) is 6.70. The zero-order chi connectivity index (χ0) is 14.2. The van der Waals surface area contributed by atoms with Crippen molar-refractivity contribution in [2.45, 2.75) is 18.9 Å². The van der Waals surface area contributed by atoms with Crippen LogP contribution in [0.3, 0.4) is 0 Å². The van der Waals surface area contributed by atoms with E-state index >= 15 is 0 Å². The van der Waals surface area contributed by atoms with E-state index < -0.39 is 5.60 Å². The monoisotopic (exact) mass is 269 g/mol. The number of halogens is 1. The number of aromatic amines is 1. The second-order valence-corrected chi connectivity index (χ2v) is 4.97.